The van der Waals surface area contributed by atoms with Crippen LogP contribution in [0.15, 0.2) is 208 Å². The molecule has 1 amide bonds. The summed E-state index contributed by atoms with van der Waals surface area (Å²) < 4.78 is 40.9. The Kier molecular flexibility index (Phi) is 34.5. The number of hydrogen-bond donors (Lipinski definition) is 9. The molecule has 0 spiro atoms. The monoisotopic (exact) mass is 2220 g/mol. The number of nitrogens with one attached hydrogen (secondary N) is 3. The van der Waals surface area contributed by atoms with E-state index < -0.39 is 29.2 Å². The van der Waals surface area contributed by atoms with Crippen molar-refractivity contribution in [2.45, 2.75) is 79.0 Å². The lowest BCUT2D eigenvalue weighted by molar-refractivity contribution is -0.150. The molecule has 30 nitrogen and oxygen atoms in total. The number of thiophene rings is 10. The van der Waals surface area contributed by atoms with Gasteiger partial charge in [-0.2, -0.15) is 30.5 Å². The minimum atomic E-state index is -0.681. The summed E-state index contributed by atoms with van der Waals surface area (Å²) in [6.45, 7) is 15.2. The van der Waals surface area contributed by atoms with E-state index in [-0.39, 0.29) is 56.1 Å². The molecule has 0 atom stereocenters. The van der Waals surface area contributed by atoms with Crippen molar-refractivity contribution in [1.82, 2.24) is 45.2 Å². The number of aromatic nitrogens is 8. The van der Waals surface area contributed by atoms with Gasteiger partial charge in [-0.15, -0.1) is 113 Å². The van der Waals surface area contributed by atoms with Crippen LogP contribution in [0.5, 0.6) is 11.8 Å². The van der Waals surface area contributed by atoms with Crippen LogP contribution in [0, 0.1) is 22.7 Å². The van der Waals surface area contributed by atoms with Gasteiger partial charge in [0.1, 0.15) is 65.3 Å². The van der Waals surface area contributed by atoms with Gasteiger partial charge >= 0.3 is 18.0 Å². The average Bonchev–Trinajstić information content (AvgIpc) is 1.62. The SMILES string of the molecule is Brc1cc2cc3sccc3cc2s1.CN(CCO)c1cc2cc3sc(/C=C(\C#N)C(=O)OC(C)(C)C)cc3cc2s1.CN(CCO)c1cc2cc3sc(C=O)cc3cc2s1.CN(CCO)c1cc2cc3sccc3cc2s1.CN(CCOC(=O)NCc1ccc(COc2nc(N)nc3nc[nH]c23)cc1)c1cc2cc3sc(/C=C(\C#N)C(=O)OC(C)(C)C)cc3cc2s1.NCc1ccc(COc2nc(N)nc3nc[nH]c23)cc1. The molecule has 0 fully saturated rings. The van der Waals surface area contributed by atoms with Gasteiger partial charge in [0, 0.05) is 118 Å². The molecule has 7 aromatic carbocycles. The van der Waals surface area contributed by atoms with E-state index in [0.29, 0.717) is 80.0 Å². The number of aliphatic hydroxyl groups excluding tert-OH is 3. The summed E-state index contributed by atoms with van der Waals surface area (Å²) in [5.74, 6) is -0.296. The molecule has 0 saturated heterocycles. The summed E-state index contributed by atoms with van der Waals surface area (Å²) in [7, 11) is 7.92. The number of carbonyl (C=O) groups is 4. The summed E-state index contributed by atoms with van der Waals surface area (Å²) in [5.41, 5.74) is 21.6. The highest BCUT2D eigenvalue weighted by Gasteiger charge is 2.25. The zero-order valence-electron chi connectivity index (χ0n) is 81.3. The first-order chi connectivity index (χ1) is 70.7. The first-order valence-electron chi connectivity index (χ1n) is 45.9. The van der Waals surface area contributed by atoms with Crippen molar-refractivity contribution in [3.63, 3.8) is 0 Å². The second-order valence-electron chi connectivity index (χ2n) is 35.5. The number of H-pyrrole nitrogens is 2. The van der Waals surface area contributed by atoms with Gasteiger partial charge in [0.25, 0.3) is 0 Å². The molecule has 21 aromatic rings. The van der Waals surface area contributed by atoms with Gasteiger partial charge in [0.15, 0.2) is 17.6 Å². The molecular formula is C106H101BrN18O12S10. The standard InChI is InChI=1S/C35H34N8O5S2.C21H22N2O3S2.C14H13NO2S2.C13H14N6O.C13H13NOS2.C10H5BrS2/c1-35(2,3)48-32(44)24(16-36)12-25-11-22-13-27-23(14-26(22)49-25)15-28(50-27)43(4)9-10-46-34(45)38-17-20-5-7-21(8-6-20)18-47-31-29-30(40-19-39-29)41-33(37)42-31;1-21(2,3)26-20(25)15(12-22)8-16-7-13-9-18-14(10-17(13)27-16)11-19(28-18)23(4)5-6-24;1-15(2-3-16)14-7-10-6-12-9(5-13(10)19-14)4-11(8-17)18-12;14-5-8-1-3-9(4-2-8)6-20-12-10-11(17-7-16-10)18-13(15)19-12;1-14(3-4-15)13-8-10-7-11-9(2-5-16-11)6-12(10)17-13;11-10-5-7-4-8-6(1-2-12-8)3-9(7)13-10/h5-8,11-15,19H,9-10,17-18H2,1-4H3,(H,38,45)(H3,37,39,40,41,42);7-11,24H,5-6H2,1-4H3;4-8,16H,2-3H2,1H3;1-4,7H,5-6,14H2,(H3,15,16,17,18,19);2,5-8,15H,3-4H2,1H3;1-5H/b24-12+;15-8+;;;;. The topological polar surface area (TPSA) is 435 Å². The number of aromatic amines is 2. The molecule has 754 valence electrons. The van der Waals surface area contributed by atoms with E-state index in [1.54, 1.807) is 133 Å². The number of ether oxygens (including phenoxy) is 5. The number of hydrogen-bond acceptors (Lipinski definition) is 37. The number of nitriles is 2. The number of nitrogens with zero attached hydrogens (tertiary/aromatic N) is 12. The summed E-state index contributed by atoms with van der Waals surface area (Å²) in [4.78, 5) is 88.7. The molecule has 147 heavy (non-hydrogen) atoms. The van der Waals surface area contributed by atoms with Crippen molar-refractivity contribution in [1.29, 1.82) is 10.5 Å². The van der Waals surface area contributed by atoms with Crippen LogP contribution in [0.3, 0.4) is 0 Å². The maximum absolute atomic E-state index is 12.4. The third-order valence-corrected chi connectivity index (χ3v) is 33.6. The number of anilines is 6. The van der Waals surface area contributed by atoms with Crippen molar-refractivity contribution in [2.24, 2.45) is 5.73 Å². The fourth-order valence-electron chi connectivity index (χ4n) is 14.9. The Morgan fingerprint density at radius 2 is 0.782 bits per heavy atom. The van der Waals surface area contributed by atoms with Crippen LogP contribution in [0.1, 0.15) is 83.2 Å². The predicted molar refractivity (Wildman–Crippen MR) is 612 cm³/mol. The zero-order valence-corrected chi connectivity index (χ0v) is 91.0. The number of rotatable bonds is 27. The van der Waals surface area contributed by atoms with Crippen LogP contribution < -0.4 is 51.6 Å². The molecule has 14 aromatic heterocycles. The minimum Gasteiger partial charge on any atom is -0.471 e. The molecule has 0 unspecified atom stereocenters. The van der Waals surface area contributed by atoms with Crippen LogP contribution in [0.25, 0.3) is 135 Å². The van der Waals surface area contributed by atoms with Crippen LogP contribution >= 0.6 is 129 Å². The van der Waals surface area contributed by atoms with Crippen molar-refractivity contribution in [3.05, 3.63) is 245 Å². The number of imidazole rings is 2. The number of likely N-dealkylation sites (N-methyl/N-ethyl adjacent to an activating group) is 4. The Morgan fingerprint density at radius 1 is 0.442 bits per heavy atom. The highest BCUT2D eigenvalue weighted by atomic mass is 79.9. The quantitative estimate of drug-likeness (QED) is 0.00759. The van der Waals surface area contributed by atoms with Gasteiger partial charge < -0.3 is 91.1 Å². The Balaban J connectivity index is 0.000000135. The van der Waals surface area contributed by atoms with Crippen LogP contribution in [-0.4, -0.2) is 172 Å². The van der Waals surface area contributed by atoms with E-state index >= 15 is 0 Å². The third kappa shape index (κ3) is 27.4. The lowest BCUT2D eigenvalue weighted by Gasteiger charge is -2.18. The molecule has 21 rings (SSSR count). The average molecular weight is 2220 g/mol. The minimum absolute atomic E-state index is 0.00351. The van der Waals surface area contributed by atoms with Crippen molar-refractivity contribution in [2.75, 3.05) is 112 Å². The Labute approximate surface area is 892 Å². The molecule has 0 bridgehead atoms. The predicted octanol–water partition coefficient (Wildman–Crippen LogP) is 24.1. The fraction of sp³-hybridized carbons (Fsp3) is 0.226. The van der Waals surface area contributed by atoms with Gasteiger partial charge in [-0.3, -0.25) is 4.79 Å². The molecule has 0 aliphatic rings. The van der Waals surface area contributed by atoms with Crippen LogP contribution in [0.4, 0.5) is 36.7 Å². The number of alkyl carbamates (subject to hydrolysis) is 1. The molecule has 0 radical (unpaired) electrons. The number of fused-ring (bicyclic) bond motifs is 12. The lowest BCUT2D eigenvalue weighted by atomic mass is 10.1. The van der Waals surface area contributed by atoms with Gasteiger partial charge in [-0.25, -0.2) is 24.4 Å². The Hall–Kier alpha value is -13.7. The van der Waals surface area contributed by atoms with Crippen molar-refractivity contribution >= 4 is 321 Å². The summed E-state index contributed by atoms with van der Waals surface area (Å²) in [5, 5.41) is 69.4. The highest BCUT2D eigenvalue weighted by Crippen LogP contribution is 2.44. The fourth-order valence-corrected chi connectivity index (χ4v) is 25.5. The maximum atomic E-state index is 12.4. The lowest BCUT2D eigenvalue weighted by Crippen LogP contribution is -2.28. The number of amides is 1. The highest BCUT2D eigenvalue weighted by molar-refractivity contribution is 9.11. The summed E-state index contributed by atoms with van der Waals surface area (Å²) >= 11 is 20.3. The van der Waals surface area contributed by atoms with Gasteiger partial charge in [0.05, 0.1) is 67.7 Å². The molecular weight excluding hydrogens is 2120 g/mol. The first kappa shape index (κ1) is 106. The molecule has 14 heterocycles. The number of nitrogens with two attached hydrogens (primary N) is 3. The van der Waals surface area contributed by atoms with Crippen molar-refractivity contribution < 1.29 is 58.2 Å². The second-order valence-corrected chi connectivity index (χ2v) is 47.5. The number of halogens is 1. The van der Waals surface area contributed by atoms with Crippen molar-refractivity contribution in [3.8, 4) is 23.9 Å². The second kappa shape index (κ2) is 47.9. The number of nitrogen functional groups attached to an aromatic ring is 2. The molecule has 0 aliphatic carbocycles. The number of benzene rings is 7. The molecule has 12 N–H and O–H groups in total. The Bertz CT molecular complexity index is 8220. The largest absolute Gasteiger partial charge is 0.471 e. The van der Waals surface area contributed by atoms with Crippen LogP contribution in [-0.2, 0) is 50.1 Å². The number of carbonyl (C=O) groups excluding carboxylic acids is 4. The summed E-state index contributed by atoms with van der Waals surface area (Å²) in [6.07, 6.45) is 6.61. The zero-order chi connectivity index (χ0) is 104. The van der Waals surface area contributed by atoms with Gasteiger partial charge in [-0.05, 0) is 278 Å². The number of aliphatic hydroxyl groups is 3. The maximum Gasteiger partial charge on any atom is 0.407 e. The van der Waals surface area contributed by atoms with E-state index in [4.69, 9.17) is 56.2 Å². The molecule has 0 saturated carbocycles. The molecule has 41 heteroatoms. The smallest absolute Gasteiger partial charge is 0.407 e. The Morgan fingerprint density at radius 3 is 1.16 bits per heavy atom. The number of aldehydes is 1. The van der Waals surface area contributed by atoms with Gasteiger partial charge in [-0.1, -0.05) is 48.5 Å². The third-order valence-electron chi connectivity index (χ3n) is 22.3. The normalized spacial score (nSPS) is 11.7. The molecule has 0 aliphatic heterocycles. The van der Waals surface area contributed by atoms with E-state index in [1.165, 1.54) is 106 Å². The summed E-state index contributed by atoms with van der Waals surface area (Å²) in [6, 6.07) is 62.1. The van der Waals surface area contributed by atoms with Crippen LogP contribution in [0.2, 0.25) is 0 Å². The first-order valence-corrected chi connectivity index (χ1v) is 55.0. The van der Waals surface area contributed by atoms with E-state index in [1.807, 2.05) is 117 Å². The van der Waals surface area contributed by atoms with E-state index in [9.17, 15) is 29.7 Å². The van der Waals surface area contributed by atoms with E-state index in [2.05, 4.69) is 185 Å². The number of esters is 2. The van der Waals surface area contributed by atoms with E-state index in [0.717, 1.165) is 109 Å². The van der Waals surface area contributed by atoms with Gasteiger partial charge in [0.2, 0.25) is 23.7 Å².